The second-order valence-electron chi connectivity index (χ2n) is 4.94. The number of benzene rings is 1. The second-order valence-corrected chi connectivity index (χ2v) is 4.94. The van der Waals surface area contributed by atoms with Gasteiger partial charge in [0.2, 0.25) is 11.6 Å². The van der Waals surface area contributed by atoms with Gasteiger partial charge in [0, 0.05) is 25.9 Å². The van der Waals surface area contributed by atoms with Crippen molar-refractivity contribution in [2.75, 3.05) is 30.9 Å². The van der Waals surface area contributed by atoms with E-state index in [1.807, 2.05) is 31.2 Å². The fourth-order valence-corrected chi connectivity index (χ4v) is 1.97. The van der Waals surface area contributed by atoms with Crippen molar-refractivity contribution < 1.29 is 9.66 Å². The van der Waals surface area contributed by atoms with Crippen LogP contribution in [-0.2, 0) is 4.74 Å². The topological polar surface area (TPSA) is 102 Å². The standard InChI is InChI=1S/C15H19N5O3/c1-11-4-6-12(7-5-11)19-15-13(20(21)22)14(17-10-18-15)16-8-3-9-23-2/h4-7,10H,3,8-9H2,1-2H3,(H2,16,17,18,19). The van der Waals surface area contributed by atoms with Crippen molar-refractivity contribution >= 4 is 23.0 Å². The van der Waals surface area contributed by atoms with Crippen LogP contribution in [0.25, 0.3) is 0 Å². The van der Waals surface area contributed by atoms with Gasteiger partial charge in [0.1, 0.15) is 6.33 Å². The van der Waals surface area contributed by atoms with Crippen LogP contribution in [0.15, 0.2) is 30.6 Å². The summed E-state index contributed by atoms with van der Waals surface area (Å²) in [4.78, 5) is 18.9. The molecule has 0 aliphatic carbocycles. The molecule has 0 unspecified atom stereocenters. The molecule has 0 bridgehead atoms. The van der Waals surface area contributed by atoms with Crippen molar-refractivity contribution in [3.05, 3.63) is 46.3 Å². The first-order chi connectivity index (χ1) is 11.1. The van der Waals surface area contributed by atoms with Gasteiger partial charge in [-0.2, -0.15) is 0 Å². The first-order valence-electron chi connectivity index (χ1n) is 7.17. The van der Waals surface area contributed by atoms with Crippen molar-refractivity contribution in [3.63, 3.8) is 0 Å². The van der Waals surface area contributed by atoms with Crippen LogP contribution in [0.3, 0.4) is 0 Å². The molecule has 122 valence electrons. The van der Waals surface area contributed by atoms with E-state index < -0.39 is 4.92 Å². The Hall–Kier alpha value is -2.74. The highest BCUT2D eigenvalue weighted by molar-refractivity contribution is 5.73. The summed E-state index contributed by atoms with van der Waals surface area (Å²) in [5.74, 6) is 0.346. The quantitative estimate of drug-likeness (QED) is 0.438. The van der Waals surface area contributed by atoms with E-state index in [1.54, 1.807) is 7.11 Å². The fraction of sp³-hybridized carbons (Fsp3) is 0.333. The maximum Gasteiger partial charge on any atom is 0.353 e. The van der Waals surface area contributed by atoms with Gasteiger partial charge < -0.3 is 15.4 Å². The van der Waals surface area contributed by atoms with Gasteiger partial charge in [0.15, 0.2) is 0 Å². The molecular weight excluding hydrogens is 298 g/mol. The zero-order valence-electron chi connectivity index (χ0n) is 13.1. The summed E-state index contributed by atoms with van der Waals surface area (Å²) in [6, 6.07) is 7.51. The van der Waals surface area contributed by atoms with Crippen molar-refractivity contribution in [2.24, 2.45) is 0 Å². The van der Waals surface area contributed by atoms with Crippen LogP contribution in [0, 0.1) is 17.0 Å². The Morgan fingerprint density at radius 1 is 1.22 bits per heavy atom. The number of methoxy groups -OCH3 is 1. The summed E-state index contributed by atoms with van der Waals surface area (Å²) in [6.45, 7) is 3.06. The van der Waals surface area contributed by atoms with E-state index in [4.69, 9.17) is 4.74 Å². The maximum absolute atomic E-state index is 11.4. The molecule has 8 nitrogen and oxygen atoms in total. The molecule has 0 aliphatic heterocycles. The molecule has 1 aromatic heterocycles. The molecule has 0 radical (unpaired) electrons. The lowest BCUT2D eigenvalue weighted by atomic mass is 10.2. The number of nitrogens with one attached hydrogen (secondary N) is 2. The zero-order chi connectivity index (χ0) is 16.7. The minimum atomic E-state index is -0.491. The Labute approximate surface area is 134 Å². The van der Waals surface area contributed by atoms with Crippen molar-refractivity contribution in [1.82, 2.24) is 9.97 Å². The molecule has 0 fully saturated rings. The minimum absolute atomic E-state index is 0.156. The predicted octanol–water partition coefficient (Wildman–Crippen LogP) is 2.89. The monoisotopic (exact) mass is 317 g/mol. The number of ether oxygens (including phenoxy) is 1. The number of aromatic nitrogens is 2. The van der Waals surface area contributed by atoms with Crippen LogP contribution in [0.5, 0.6) is 0 Å². The number of rotatable bonds is 8. The van der Waals surface area contributed by atoms with Gasteiger partial charge >= 0.3 is 5.69 Å². The Morgan fingerprint density at radius 2 is 1.91 bits per heavy atom. The molecule has 23 heavy (non-hydrogen) atoms. The molecule has 0 saturated heterocycles. The van der Waals surface area contributed by atoms with Gasteiger partial charge in [-0.15, -0.1) is 0 Å². The van der Waals surface area contributed by atoms with Gasteiger partial charge in [-0.3, -0.25) is 10.1 Å². The maximum atomic E-state index is 11.4. The number of nitrogens with zero attached hydrogens (tertiary/aromatic N) is 3. The molecule has 2 aromatic rings. The third kappa shape index (κ3) is 4.62. The molecule has 2 N–H and O–H groups in total. The number of aryl methyl sites for hydroxylation is 1. The summed E-state index contributed by atoms with van der Waals surface area (Å²) < 4.78 is 4.95. The molecule has 0 aliphatic rings. The predicted molar refractivity (Wildman–Crippen MR) is 88.1 cm³/mol. The Bertz CT molecular complexity index is 661. The lowest BCUT2D eigenvalue weighted by molar-refractivity contribution is -0.383. The Kier molecular flexibility index (Phi) is 5.81. The normalized spacial score (nSPS) is 10.3. The first-order valence-corrected chi connectivity index (χ1v) is 7.17. The van der Waals surface area contributed by atoms with Crippen molar-refractivity contribution in [2.45, 2.75) is 13.3 Å². The van der Waals surface area contributed by atoms with E-state index in [0.717, 1.165) is 17.7 Å². The first kappa shape index (κ1) is 16.6. The van der Waals surface area contributed by atoms with E-state index in [-0.39, 0.29) is 17.3 Å². The van der Waals surface area contributed by atoms with Crippen LogP contribution in [0.4, 0.5) is 23.0 Å². The molecule has 0 atom stereocenters. The summed E-state index contributed by atoms with van der Waals surface area (Å²) >= 11 is 0. The average molecular weight is 317 g/mol. The average Bonchev–Trinajstić information content (AvgIpc) is 2.53. The minimum Gasteiger partial charge on any atom is -0.385 e. The lowest BCUT2D eigenvalue weighted by Crippen LogP contribution is -2.10. The van der Waals surface area contributed by atoms with Crippen molar-refractivity contribution in [3.8, 4) is 0 Å². The summed E-state index contributed by atoms with van der Waals surface area (Å²) in [7, 11) is 1.61. The largest absolute Gasteiger partial charge is 0.385 e. The number of hydrogen-bond donors (Lipinski definition) is 2. The summed E-state index contributed by atoms with van der Waals surface area (Å²) in [6.07, 6.45) is 2.01. The van der Waals surface area contributed by atoms with E-state index in [9.17, 15) is 10.1 Å². The number of nitro groups is 1. The van der Waals surface area contributed by atoms with Gasteiger partial charge in [-0.1, -0.05) is 17.7 Å². The van der Waals surface area contributed by atoms with Crippen LogP contribution in [0.2, 0.25) is 0 Å². The van der Waals surface area contributed by atoms with Crippen LogP contribution in [0.1, 0.15) is 12.0 Å². The summed E-state index contributed by atoms with van der Waals surface area (Å²) in [5, 5.41) is 17.3. The molecule has 0 spiro atoms. The second kappa shape index (κ2) is 8.04. The van der Waals surface area contributed by atoms with Gasteiger partial charge in [0.25, 0.3) is 0 Å². The van der Waals surface area contributed by atoms with E-state index in [2.05, 4.69) is 20.6 Å². The third-order valence-corrected chi connectivity index (χ3v) is 3.14. The van der Waals surface area contributed by atoms with Crippen LogP contribution < -0.4 is 10.6 Å². The highest BCUT2D eigenvalue weighted by atomic mass is 16.6. The van der Waals surface area contributed by atoms with E-state index in [1.165, 1.54) is 6.33 Å². The highest BCUT2D eigenvalue weighted by Gasteiger charge is 2.22. The molecule has 0 amide bonds. The smallest absolute Gasteiger partial charge is 0.353 e. The molecule has 2 rings (SSSR count). The molecule has 8 heteroatoms. The van der Waals surface area contributed by atoms with Gasteiger partial charge in [0.05, 0.1) is 4.92 Å². The number of anilines is 3. The lowest BCUT2D eigenvalue weighted by Gasteiger charge is -2.10. The molecular formula is C15H19N5O3. The van der Waals surface area contributed by atoms with E-state index in [0.29, 0.717) is 13.2 Å². The molecule has 0 saturated carbocycles. The fourth-order valence-electron chi connectivity index (χ4n) is 1.97. The highest BCUT2D eigenvalue weighted by Crippen LogP contribution is 2.31. The summed E-state index contributed by atoms with van der Waals surface area (Å²) in [5.41, 5.74) is 1.65. The third-order valence-electron chi connectivity index (χ3n) is 3.14. The van der Waals surface area contributed by atoms with Crippen LogP contribution in [-0.4, -0.2) is 35.2 Å². The van der Waals surface area contributed by atoms with Gasteiger partial charge in [-0.25, -0.2) is 9.97 Å². The number of hydrogen-bond acceptors (Lipinski definition) is 7. The molecule has 1 aromatic carbocycles. The van der Waals surface area contributed by atoms with Crippen LogP contribution >= 0.6 is 0 Å². The Balaban J connectivity index is 2.21. The zero-order valence-corrected chi connectivity index (χ0v) is 13.1. The SMILES string of the molecule is COCCCNc1ncnc(Nc2ccc(C)cc2)c1[N+](=O)[O-]. The van der Waals surface area contributed by atoms with E-state index >= 15 is 0 Å². The Morgan fingerprint density at radius 3 is 2.57 bits per heavy atom. The van der Waals surface area contributed by atoms with Crippen molar-refractivity contribution in [1.29, 1.82) is 0 Å². The molecule has 1 heterocycles. The van der Waals surface area contributed by atoms with Gasteiger partial charge in [-0.05, 0) is 25.5 Å².